The van der Waals surface area contributed by atoms with Gasteiger partial charge in [0.15, 0.2) is 0 Å². The third kappa shape index (κ3) is 7.61. The standard InChI is InChI=1S/C33H35N3O4S/c1-3-34-33(38)31(23-27-15-7-4-8-16-27)35(24-28-17-9-5-10-18-28)32(37)25-36(29-19-13-14-26(2)22-29)41(39,40)30-20-11-6-12-21-30/h4-22,31H,3,23-25H2,1-2H3,(H,34,38). The minimum atomic E-state index is -4.10. The summed E-state index contributed by atoms with van der Waals surface area (Å²) in [5, 5.41) is 2.87. The summed E-state index contributed by atoms with van der Waals surface area (Å²) >= 11 is 0. The Balaban J connectivity index is 1.78. The van der Waals surface area contributed by atoms with E-state index in [1.54, 1.807) is 36.4 Å². The molecule has 7 nitrogen and oxygen atoms in total. The largest absolute Gasteiger partial charge is 0.355 e. The SMILES string of the molecule is CCNC(=O)C(Cc1ccccc1)N(Cc1ccccc1)C(=O)CN(c1cccc(C)c1)S(=O)(=O)c1ccccc1. The van der Waals surface area contributed by atoms with E-state index in [2.05, 4.69) is 5.32 Å². The van der Waals surface area contributed by atoms with E-state index in [9.17, 15) is 18.0 Å². The molecule has 0 spiro atoms. The molecule has 0 saturated heterocycles. The first-order valence-corrected chi connectivity index (χ1v) is 15.0. The second kappa shape index (κ2) is 13.8. The Kier molecular flexibility index (Phi) is 9.92. The number of aryl methyl sites for hydroxylation is 1. The molecule has 2 amide bonds. The first-order chi connectivity index (χ1) is 19.8. The summed E-state index contributed by atoms with van der Waals surface area (Å²) in [6.45, 7) is 3.76. The van der Waals surface area contributed by atoms with Gasteiger partial charge in [0.1, 0.15) is 12.6 Å². The molecule has 0 saturated carbocycles. The molecule has 4 aromatic rings. The van der Waals surface area contributed by atoms with Gasteiger partial charge in [-0.15, -0.1) is 0 Å². The van der Waals surface area contributed by atoms with Crippen LogP contribution < -0.4 is 9.62 Å². The van der Waals surface area contributed by atoms with Gasteiger partial charge < -0.3 is 10.2 Å². The molecule has 0 radical (unpaired) electrons. The fourth-order valence-electron chi connectivity index (χ4n) is 4.66. The number of hydrogen-bond acceptors (Lipinski definition) is 4. The lowest BCUT2D eigenvalue weighted by Crippen LogP contribution is -2.53. The van der Waals surface area contributed by atoms with E-state index in [0.717, 1.165) is 21.0 Å². The Labute approximate surface area is 242 Å². The van der Waals surface area contributed by atoms with Crippen LogP contribution in [0.15, 0.2) is 120 Å². The van der Waals surface area contributed by atoms with Crippen LogP contribution in [0.2, 0.25) is 0 Å². The Morgan fingerprint density at radius 3 is 1.95 bits per heavy atom. The summed E-state index contributed by atoms with van der Waals surface area (Å²) in [4.78, 5) is 29.3. The Bertz CT molecular complexity index is 1550. The fourth-order valence-corrected chi connectivity index (χ4v) is 6.08. The maximum atomic E-state index is 14.3. The zero-order valence-corrected chi connectivity index (χ0v) is 24.1. The number of likely N-dealkylation sites (N-methyl/N-ethyl adjacent to an activating group) is 1. The van der Waals surface area contributed by atoms with Gasteiger partial charge in [0.2, 0.25) is 11.8 Å². The van der Waals surface area contributed by atoms with Crippen molar-refractivity contribution in [3.63, 3.8) is 0 Å². The molecule has 1 unspecified atom stereocenters. The van der Waals surface area contributed by atoms with Crippen LogP contribution in [-0.2, 0) is 32.6 Å². The van der Waals surface area contributed by atoms with Crippen molar-refractivity contribution >= 4 is 27.5 Å². The zero-order chi connectivity index (χ0) is 29.2. The molecule has 1 N–H and O–H groups in total. The molecule has 4 aromatic carbocycles. The van der Waals surface area contributed by atoms with Gasteiger partial charge in [-0.1, -0.05) is 91.0 Å². The van der Waals surface area contributed by atoms with E-state index in [4.69, 9.17) is 0 Å². The molecular weight excluding hydrogens is 534 g/mol. The highest BCUT2D eigenvalue weighted by Gasteiger charge is 2.34. The molecule has 0 aliphatic rings. The first-order valence-electron chi connectivity index (χ1n) is 13.6. The van der Waals surface area contributed by atoms with Crippen LogP contribution in [0.4, 0.5) is 5.69 Å². The lowest BCUT2D eigenvalue weighted by atomic mass is 10.0. The first kappa shape index (κ1) is 29.6. The number of nitrogens with zero attached hydrogens (tertiary/aromatic N) is 2. The molecule has 0 aliphatic heterocycles. The van der Waals surface area contributed by atoms with Crippen molar-refractivity contribution in [3.8, 4) is 0 Å². The van der Waals surface area contributed by atoms with Gasteiger partial charge in [-0.25, -0.2) is 8.42 Å². The monoisotopic (exact) mass is 569 g/mol. The number of carbonyl (C=O) groups excluding carboxylic acids is 2. The summed E-state index contributed by atoms with van der Waals surface area (Å²) < 4.78 is 29.0. The average Bonchev–Trinajstić information content (AvgIpc) is 2.99. The van der Waals surface area contributed by atoms with Gasteiger partial charge in [-0.05, 0) is 54.8 Å². The summed E-state index contributed by atoms with van der Waals surface area (Å²) in [6, 6.07) is 33.1. The Morgan fingerprint density at radius 1 is 0.780 bits per heavy atom. The van der Waals surface area contributed by atoms with Crippen LogP contribution in [0, 0.1) is 6.92 Å². The molecule has 1 atom stereocenters. The van der Waals surface area contributed by atoms with Crippen molar-refractivity contribution in [1.29, 1.82) is 0 Å². The number of nitrogens with one attached hydrogen (secondary N) is 1. The van der Waals surface area contributed by atoms with Gasteiger partial charge in [0, 0.05) is 19.5 Å². The highest BCUT2D eigenvalue weighted by molar-refractivity contribution is 7.92. The fraction of sp³-hybridized carbons (Fsp3) is 0.212. The smallest absolute Gasteiger partial charge is 0.264 e. The van der Waals surface area contributed by atoms with Gasteiger partial charge >= 0.3 is 0 Å². The normalized spacial score (nSPS) is 11.9. The third-order valence-electron chi connectivity index (χ3n) is 6.72. The molecule has 0 aromatic heterocycles. The lowest BCUT2D eigenvalue weighted by molar-refractivity contribution is -0.140. The van der Waals surface area contributed by atoms with Crippen molar-refractivity contribution in [1.82, 2.24) is 10.2 Å². The maximum Gasteiger partial charge on any atom is 0.264 e. The number of anilines is 1. The van der Waals surface area contributed by atoms with Crippen molar-refractivity contribution in [2.75, 3.05) is 17.4 Å². The average molecular weight is 570 g/mol. The van der Waals surface area contributed by atoms with E-state index in [1.165, 1.54) is 17.0 Å². The molecule has 4 rings (SSSR count). The van der Waals surface area contributed by atoms with E-state index in [-0.39, 0.29) is 23.8 Å². The topological polar surface area (TPSA) is 86.8 Å². The minimum absolute atomic E-state index is 0.0773. The van der Waals surface area contributed by atoms with Gasteiger partial charge in [0.25, 0.3) is 10.0 Å². The zero-order valence-electron chi connectivity index (χ0n) is 23.3. The van der Waals surface area contributed by atoms with Gasteiger partial charge in [-0.3, -0.25) is 13.9 Å². The number of carbonyl (C=O) groups is 2. The van der Waals surface area contributed by atoms with Gasteiger partial charge in [0.05, 0.1) is 10.6 Å². The van der Waals surface area contributed by atoms with Crippen molar-refractivity contribution in [2.45, 2.75) is 37.8 Å². The van der Waals surface area contributed by atoms with Crippen molar-refractivity contribution in [3.05, 3.63) is 132 Å². The molecule has 8 heteroatoms. The second-order valence-corrected chi connectivity index (χ2v) is 11.6. The summed E-state index contributed by atoms with van der Waals surface area (Å²) in [5.41, 5.74) is 2.95. The van der Waals surface area contributed by atoms with Crippen LogP contribution in [-0.4, -0.2) is 44.3 Å². The number of benzene rings is 4. The Morgan fingerprint density at radius 2 is 1.37 bits per heavy atom. The number of rotatable bonds is 12. The Hall–Kier alpha value is -4.43. The van der Waals surface area contributed by atoms with E-state index in [1.807, 2.05) is 80.6 Å². The molecule has 0 aliphatic carbocycles. The molecule has 41 heavy (non-hydrogen) atoms. The van der Waals surface area contributed by atoms with E-state index >= 15 is 0 Å². The maximum absolute atomic E-state index is 14.3. The number of hydrogen-bond donors (Lipinski definition) is 1. The highest BCUT2D eigenvalue weighted by Crippen LogP contribution is 2.25. The van der Waals surface area contributed by atoms with Gasteiger partial charge in [-0.2, -0.15) is 0 Å². The molecule has 0 fully saturated rings. The molecular formula is C33H35N3O4S. The van der Waals surface area contributed by atoms with Crippen LogP contribution in [0.1, 0.15) is 23.6 Å². The lowest BCUT2D eigenvalue weighted by Gasteiger charge is -2.34. The van der Waals surface area contributed by atoms with Crippen LogP contribution in [0.5, 0.6) is 0 Å². The second-order valence-electron chi connectivity index (χ2n) is 9.77. The van der Waals surface area contributed by atoms with Crippen LogP contribution in [0.25, 0.3) is 0 Å². The minimum Gasteiger partial charge on any atom is -0.355 e. The predicted molar refractivity (Wildman–Crippen MR) is 162 cm³/mol. The summed E-state index contributed by atoms with van der Waals surface area (Å²) in [7, 11) is -4.10. The highest BCUT2D eigenvalue weighted by atomic mass is 32.2. The van der Waals surface area contributed by atoms with E-state index < -0.39 is 28.5 Å². The quantitative estimate of drug-likeness (QED) is 0.261. The van der Waals surface area contributed by atoms with Crippen LogP contribution >= 0.6 is 0 Å². The number of amides is 2. The van der Waals surface area contributed by atoms with Crippen molar-refractivity contribution < 1.29 is 18.0 Å². The van der Waals surface area contributed by atoms with E-state index in [0.29, 0.717) is 12.2 Å². The van der Waals surface area contributed by atoms with Crippen LogP contribution in [0.3, 0.4) is 0 Å². The van der Waals surface area contributed by atoms with Crippen molar-refractivity contribution in [2.24, 2.45) is 0 Å². The predicted octanol–water partition coefficient (Wildman–Crippen LogP) is 4.97. The summed E-state index contributed by atoms with van der Waals surface area (Å²) in [6.07, 6.45) is 0.279. The summed E-state index contributed by atoms with van der Waals surface area (Å²) in [5.74, 6) is -0.782. The molecule has 212 valence electrons. The number of sulfonamides is 1. The third-order valence-corrected chi connectivity index (χ3v) is 8.51. The molecule has 0 bridgehead atoms. The molecule has 0 heterocycles.